The molecule has 0 aromatic heterocycles. The van der Waals surface area contributed by atoms with Gasteiger partial charge in [-0.1, -0.05) is 121 Å². The van der Waals surface area contributed by atoms with Gasteiger partial charge in [0.05, 0.1) is 38.5 Å². The number of hydrogen-bond acceptors (Lipinski definition) is 10. The second-order valence-electron chi connectivity index (χ2n) is 17.3. The van der Waals surface area contributed by atoms with Gasteiger partial charge in [-0.3, -0.25) is 14.5 Å². The highest BCUT2D eigenvalue weighted by Crippen LogP contribution is 2.53. The predicted molar refractivity (Wildman–Crippen MR) is 228 cm³/mol. The summed E-state index contributed by atoms with van der Waals surface area (Å²) in [5, 5.41) is 0. The summed E-state index contributed by atoms with van der Waals surface area (Å²) in [5.41, 5.74) is -0.702. The summed E-state index contributed by atoms with van der Waals surface area (Å²) in [5.74, 6) is -2.38. The Balaban J connectivity index is 1.15. The number of hydrogen-bond donors (Lipinski definition) is 0. The number of nitrogens with zero attached hydrogens (tertiary/aromatic N) is 3. The molecular formula is C49H55N3O10. The SMILES string of the molecule is C[C@@H](OCc1ccccc1)[C@@H](C(=O)OCc1ccccc1)N1CC2(CCC3(CN([C@H](C(=O)OCc4ccccc4)[C@@H](C)OCc4ccccc4)C3=O)N2C(=O)OC(C)(C)C)C1=O. The zero-order valence-corrected chi connectivity index (χ0v) is 35.9. The molecule has 3 amide bonds. The molecule has 13 nitrogen and oxygen atoms in total. The molecule has 0 N–H and O–H groups in total. The molecule has 3 aliphatic heterocycles. The van der Waals surface area contributed by atoms with E-state index < -0.39 is 70.8 Å². The molecule has 0 radical (unpaired) electrons. The molecule has 3 fully saturated rings. The van der Waals surface area contributed by atoms with E-state index in [1.807, 2.05) is 121 Å². The molecule has 0 bridgehead atoms. The van der Waals surface area contributed by atoms with E-state index in [1.54, 1.807) is 34.6 Å². The van der Waals surface area contributed by atoms with Crippen LogP contribution in [-0.2, 0) is 69.3 Å². The van der Waals surface area contributed by atoms with E-state index in [1.165, 1.54) is 14.7 Å². The van der Waals surface area contributed by atoms with E-state index in [0.29, 0.717) is 0 Å². The van der Waals surface area contributed by atoms with Gasteiger partial charge in [0, 0.05) is 0 Å². The smallest absolute Gasteiger partial charge is 0.412 e. The van der Waals surface area contributed by atoms with Crippen molar-refractivity contribution >= 4 is 29.8 Å². The molecule has 3 saturated heterocycles. The number of carbonyl (C=O) groups is 5. The van der Waals surface area contributed by atoms with E-state index >= 15 is 0 Å². The van der Waals surface area contributed by atoms with Crippen LogP contribution in [0.4, 0.5) is 4.79 Å². The zero-order chi connectivity index (χ0) is 44.1. The lowest BCUT2D eigenvalue weighted by Gasteiger charge is -2.59. The van der Waals surface area contributed by atoms with Crippen molar-refractivity contribution < 1.29 is 47.7 Å². The van der Waals surface area contributed by atoms with Crippen LogP contribution in [0.5, 0.6) is 0 Å². The van der Waals surface area contributed by atoms with Gasteiger partial charge in [0.2, 0.25) is 0 Å². The highest BCUT2D eigenvalue weighted by atomic mass is 16.6. The number of β-lactam (4-membered cyclic amide) rings is 2. The fourth-order valence-electron chi connectivity index (χ4n) is 8.61. The number of ether oxygens (including phenoxy) is 5. The number of amides is 3. The van der Waals surface area contributed by atoms with Gasteiger partial charge in [0.25, 0.3) is 11.8 Å². The first-order valence-electron chi connectivity index (χ1n) is 21.1. The van der Waals surface area contributed by atoms with Crippen molar-refractivity contribution in [2.24, 2.45) is 0 Å². The van der Waals surface area contributed by atoms with Crippen LogP contribution in [0, 0.1) is 0 Å². The minimum absolute atomic E-state index is 0.0192. The standard InChI is InChI=1S/C49H55N3O10/c1-34(58-28-36-18-10-6-11-19-36)40(42(53)60-30-38-22-14-8-15-23-38)50-32-48(44(50)55)26-27-49(52(48)46(57)62-47(3,4)5)33-51(45(49)56)41(35(2)59-29-37-20-12-7-13-21-37)43(54)61-31-39-24-16-9-17-25-39/h6-25,34-35,40-41H,26-33H2,1-5H3/t34-,35-,40+,41+,48?,49?/m1/s1. The number of esters is 2. The van der Waals surface area contributed by atoms with Crippen LogP contribution in [0.25, 0.3) is 0 Å². The van der Waals surface area contributed by atoms with Gasteiger partial charge < -0.3 is 33.5 Å². The average Bonchev–Trinajstić information content (AvgIpc) is 3.66. The van der Waals surface area contributed by atoms with Gasteiger partial charge in [-0.05, 0) is 69.7 Å². The van der Waals surface area contributed by atoms with Gasteiger partial charge >= 0.3 is 18.0 Å². The highest BCUT2D eigenvalue weighted by Gasteiger charge is 2.75. The predicted octanol–water partition coefficient (Wildman–Crippen LogP) is 6.61. The Morgan fingerprint density at radius 2 is 0.871 bits per heavy atom. The molecule has 4 aromatic rings. The van der Waals surface area contributed by atoms with E-state index in [-0.39, 0.29) is 52.4 Å². The Bertz CT molecular complexity index is 2060. The zero-order valence-electron chi connectivity index (χ0n) is 35.9. The number of rotatable bonds is 16. The molecule has 3 aliphatic rings. The minimum atomic E-state index is -1.51. The lowest BCUT2D eigenvalue weighted by atomic mass is 9.83. The third-order valence-corrected chi connectivity index (χ3v) is 11.8. The Labute approximate surface area is 362 Å². The summed E-state index contributed by atoms with van der Waals surface area (Å²) >= 11 is 0. The summed E-state index contributed by atoms with van der Waals surface area (Å²) in [6.07, 6.45) is -2.23. The molecule has 6 atom stereocenters. The largest absolute Gasteiger partial charge is 0.459 e. The van der Waals surface area contributed by atoms with E-state index in [4.69, 9.17) is 23.7 Å². The van der Waals surface area contributed by atoms with E-state index in [0.717, 1.165) is 22.3 Å². The monoisotopic (exact) mass is 845 g/mol. The Hall–Kier alpha value is -6.05. The van der Waals surface area contributed by atoms with E-state index in [2.05, 4.69) is 0 Å². The summed E-state index contributed by atoms with van der Waals surface area (Å²) in [6.45, 7) is 8.70. The Morgan fingerprint density at radius 1 is 0.548 bits per heavy atom. The molecule has 7 rings (SSSR count). The van der Waals surface area contributed by atoms with Crippen molar-refractivity contribution in [1.29, 1.82) is 0 Å². The maximum Gasteiger partial charge on any atom is 0.412 e. The molecule has 2 unspecified atom stereocenters. The van der Waals surface area contributed by atoms with Crippen LogP contribution < -0.4 is 0 Å². The lowest BCUT2D eigenvalue weighted by molar-refractivity contribution is -0.196. The number of benzene rings is 4. The summed E-state index contributed by atoms with van der Waals surface area (Å²) < 4.78 is 29.9. The third kappa shape index (κ3) is 9.24. The van der Waals surface area contributed by atoms with Crippen molar-refractivity contribution in [3.63, 3.8) is 0 Å². The quantitative estimate of drug-likeness (QED) is 0.0687. The molecular weight excluding hydrogens is 791 g/mol. The first-order chi connectivity index (χ1) is 29.7. The topological polar surface area (TPSA) is 141 Å². The number of carbonyl (C=O) groups excluding carboxylic acids is 5. The van der Waals surface area contributed by atoms with Gasteiger partial charge in [-0.25, -0.2) is 14.4 Å². The van der Waals surface area contributed by atoms with Gasteiger partial charge in [0.15, 0.2) is 12.1 Å². The van der Waals surface area contributed by atoms with Crippen molar-refractivity contribution in [2.75, 3.05) is 13.1 Å². The Morgan fingerprint density at radius 3 is 1.18 bits per heavy atom. The number of likely N-dealkylation sites (tertiary alicyclic amines) is 3. The van der Waals surface area contributed by atoms with Crippen molar-refractivity contribution in [2.45, 2.75) is 115 Å². The fraction of sp³-hybridized carbons (Fsp3) is 0.408. The maximum absolute atomic E-state index is 14.9. The first-order valence-corrected chi connectivity index (χ1v) is 21.1. The van der Waals surface area contributed by atoms with Crippen LogP contribution in [0.1, 0.15) is 69.7 Å². The van der Waals surface area contributed by atoms with Crippen LogP contribution in [0.3, 0.4) is 0 Å². The van der Waals surface area contributed by atoms with E-state index in [9.17, 15) is 24.0 Å². The van der Waals surface area contributed by atoms with Crippen LogP contribution in [-0.4, -0.2) is 98.6 Å². The summed E-state index contributed by atoms with van der Waals surface area (Å²) in [6, 6.07) is 35.0. The highest BCUT2D eigenvalue weighted by molar-refractivity contribution is 6.05. The second-order valence-corrected chi connectivity index (χ2v) is 17.3. The average molecular weight is 846 g/mol. The van der Waals surface area contributed by atoms with Gasteiger partial charge in [0.1, 0.15) is 29.9 Å². The molecule has 0 aliphatic carbocycles. The lowest BCUT2D eigenvalue weighted by Crippen LogP contribution is -2.84. The minimum Gasteiger partial charge on any atom is -0.459 e. The van der Waals surface area contributed by atoms with Crippen LogP contribution in [0.15, 0.2) is 121 Å². The van der Waals surface area contributed by atoms with Crippen LogP contribution in [0.2, 0.25) is 0 Å². The first kappa shape index (κ1) is 44.0. The molecule has 2 spiro atoms. The molecule has 13 heteroatoms. The normalized spacial score (nSPS) is 21.5. The fourth-order valence-corrected chi connectivity index (χ4v) is 8.61. The molecule has 0 saturated carbocycles. The molecule has 4 aromatic carbocycles. The van der Waals surface area contributed by atoms with Crippen molar-refractivity contribution in [3.8, 4) is 0 Å². The summed E-state index contributed by atoms with van der Waals surface area (Å²) in [7, 11) is 0. The summed E-state index contributed by atoms with van der Waals surface area (Å²) in [4.78, 5) is 76.2. The molecule has 62 heavy (non-hydrogen) atoms. The third-order valence-electron chi connectivity index (χ3n) is 11.8. The van der Waals surface area contributed by atoms with Crippen LogP contribution >= 0.6 is 0 Å². The van der Waals surface area contributed by atoms with Gasteiger partial charge in [-0.15, -0.1) is 0 Å². The molecule has 3 heterocycles. The van der Waals surface area contributed by atoms with Gasteiger partial charge in [-0.2, -0.15) is 0 Å². The van der Waals surface area contributed by atoms with Crippen molar-refractivity contribution in [1.82, 2.24) is 14.7 Å². The van der Waals surface area contributed by atoms with Crippen molar-refractivity contribution in [3.05, 3.63) is 144 Å². The Kier molecular flexibility index (Phi) is 13.1. The second kappa shape index (κ2) is 18.5. The maximum atomic E-state index is 14.9. The molecule has 326 valence electrons.